The van der Waals surface area contributed by atoms with E-state index < -0.39 is 0 Å². The molecule has 1 aromatic rings. The molecular weight excluding hydrogens is 262 g/mol. The fourth-order valence-corrected chi connectivity index (χ4v) is 3.06. The monoisotopic (exact) mass is 289 g/mol. The van der Waals surface area contributed by atoms with Crippen molar-refractivity contribution in [1.82, 2.24) is 9.80 Å². The number of rotatable bonds is 6. The lowest BCUT2D eigenvalue weighted by Gasteiger charge is -2.39. The van der Waals surface area contributed by atoms with E-state index in [1.54, 1.807) is 0 Å². The number of hydrogen-bond donors (Lipinski definition) is 1. The number of amides is 1. The maximum absolute atomic E-state index is 12.3. The molecule has 1 aliphatic rings. The van der Waals surface area contributed by atoms with Gasteiger partial charge in [-0.3, -0.25) is 9.69 Å². The molecule has 0 saturated carbocycles. The minimum absolute atomic E-state index is 0.243. The van der Waals surface area contributed by atoms with E-state index in [-0.39, 0.29) is 5.91 Å². The fourth-order valence-electron chi connectivity index (χ4n) is 3.06. The van der Waals surface area contributed by atoms with E-state index in [0.29, 0.717) is 12.5 Å². The van der Waals surface area contributed by atoms with Gasteiger partial charge >= 0.3 is 0 Å². The van der Waals surface area contributed by atoms with E-state index in [0.717, 1.165) is 51.1 Å². The van der Waals surface area contributed by atoms with Crippen molar-refractivity contribution in [1.29, 1.82) is 0 Å². The van der Waals surface area contributed by atoms with Crippen molar-refractivity contribution in [2.24, 2.45) is 5.73 Å². The van der Waals surface area contributed by atoms with Gasteiger partial charge in [-0.25, -0.2) is 0 Å². The molecule has 0 aromatic heterocycles. The van der Waals surface area contributed by atoms with Crippen molar-refractivity contribution in [3.63, 3.8) is 0 Å². The first-order chi connectivity index (χ1) is 10.2. The van der Waals surface area contributed by atoms with Gasteiger partial charge in [0.25, 0.3) is 0 Å². The molecule has 1 atom stereocenters. The lowest BCUT2D eigenvalue weighted by molar-refractivity contribution is -0.132. The zero-order valence-electron chi connectivity index (χ0n) is 13.0. The number of carbonyl (C=O) groups excluding carboxylic acids is 1. The molecular formula is C17H27N3O. The molecule has 2 N–H and O–H groups in total. The van der Waals surface area contributed by atoms with Crippen LogP contribution in [0, 0.1) is 0 Å². The van der Waals surface area contributed by atoms with Gasteiger partial charge in [-0.05, 0) is 24.9 Å². The van der Waals surface area contributed by atoms with Crippen LogP contribution in [0.5, 0.6) is 0 Å². The third-order valence-corrected chi connectivity index (χ3v) is 4.35. The molecule has 1 unspecified atom stereocenters. The Bertz CT molecular complexity index is 427. The summed E-state index contributed by atoms with van der Waals surface area (Å²) in [6.07, 6.45) is 2.70. The topological polar surface area (TPSA) is 49.6 Å². The number of benzene rings is 1. The Morgan fingerprint density at radius 2 is 1.86 bits per heavy atom. The summed E-state index contributed by atoms with van der Waals surface area (Å²) in [5.74, 6) is 0.243. The summed E-state index contributed by atoms with van der Waals surface area (Å²) in [5.41, 5.74) is 6.78. The quantitative estimate of drug-likeness (QED) is 0.863. The number of carbonyl (C=O) groups is 1. The maximum atomic E-state index is 12.3. The number of piperazine rings is 1. The van der Waals surface area contributed by atoms with Gasteiger partial charge in [-0.15, -0.1) is 0 Å². The van der Waals surface area contributed by atoms with Gasteiger partial charge < -0.3 is 10.6 Å². The van der Waals surface area contributed by atoms with Crippen LogP contribution in [-0.2, 0) is 11.2 Å². The standard InChI is InChI=1S/C17H27N3O/c1-2-16(8-9-18)19-10-12-20(13-11-19)17(21)14-15-6-4-3-5-7-15/h3-7,16H,2,8-14,18H2,1H3. The SMILES string of the molecule is CCC(CCN)N1CCN(C(=O)Cc2ccccc2)CC1. The molecule has 2 rings (SSSR count). The third kappa shape index (κ3) is 4.55. The third-order valence-electron chi connectivity index (χ3n) is 4.35. The lowest BCUT2D eigenvalue weighted by Crippen LogP contribution is -2.52. The number of hydrogen-bond acceptors (Lipinski definition) is 3. The Balaban J connectivity index is 1.82. The molecule has 1 amide bonds. The first-order valence-electron chi connectivity index (χ1n) is 8.00. The van der Waals surface area contributed by atoms with Crippen molar-refractivity contribution >= 4 is 5.91 Å². The van der Waals surface area contributed by atoms with Crippen LogP contribution in [0.1, 0.15) is 25.3 Å². The molecule has 0 aliphatic carbocycles. The van der Waals surface area contributed by atoms with Crippen molar-refractivity contribution in [2.45, 2.75) is 32.2 Å². The Morgan fingerprint density at radius 1 is 1.19 bits per heavy atom. The van der Waals surface area contributed by atoms with Gasteiger partial charge in [-0.2, -0.15) is 0 Å². The predicted molar refractivity (Wildman–Crippen MR) is 86.0 cm³/mol. The summed E-state index contributed by atoms with van der Waals surface area (Å²) in [6, 6.07) is 10.6. The van der Waals surface area contributed by atoms with Gasteiger partial charge in [-0.1, -0.05) is 37.3 Å². The van der Waals surface area contributed by atoms with Gasteiger partial charge in [0.1, 0.15) is 0 Å². The summed E-state index contributed by atoms with van der Waals surface area (Å²) in [7, 11) is 0. The smallest absolute Gasteiger partial charge is 0.227 e. The van der Waals surface area contributed by atoms with E-state index in [1.807, 2.05) is 35.2 Å². The summed E-state index contributed by atoms with van der Waals surface area (Å²) in [5, 5.41) is 0. The molecule has 0 spiro atoms. The van der Waals surface area contributed by atoms with Crippen LogP contribution < -0.4 is 5.73 Å². The largest absolute Gasteiger partial charge is 0.340 e. The summed E-state index contributed by atoms with van der Waals surface area (Å²) >= 11 is 0. The van der Waals surface area contributed by atoms with Crippen LogP contribution in [0.25, 0.3) is 0 Å². The van der Waals surface area contributed by atoms with Crippen molar-refractivity contribution < 1.29 is 4.79 Å². The number of nitrogens with zero attached hydrogens (tertiary/aromatic N) is 2. The molecule has 1 heterocycles. The molecule has 1 fully saturated rings. The van der Waals surface area contributed by atoms with Crippen LogP contribution in [-0.4, -0.2) is 54.5 Å². The van der Waals surface area contributed by atoms with E-state index in [1.165, 1.54) is 0 Å². The molecule has 116 valence electrons. The second kappa shape index (κ2) is 8.15. The zero-order chi connectivity index (χ0) is 15.1. The molecule has 1 aliphatic heterocycles. The highest BCUT2D eigenvalue weighted by atomic mass is 16.2. The van der Waals surface area contributed by atoms with Crippen molar-refractivity contribution in [2.75, 3.05) is 32.7 Å². The highest BCUT2D eigenvalue weighted by Gasteiger charge is 2.24. The Morgan fingerprint density at radius 3 is 2.43 bits per heavy atom. The van der Waals surface area contributed by atoms with Gasteiger partial charge in [0.2, 0.25) is 5.91 Å². The Hall–Kier alpha value is -1.39. The van der Waals surface area contributed by atoms with Gasteiger partial charge in [0, 0.05) is 32.2 Å². The lowest BCUT2D eigenvalue weighted by atomic mass is 10.1. The van der Waals surface area contributed by atoms with E-state index in [2.05, 4.69) is 11.8 Å². The highest BCUT2D eigenvalue weighted by Crippen LogP contribution is 2.13. The summed E-state index contributed by atoms with van der Waals surface area (Å²) < 4.78 is 0. The first kappa shape index (κ1) is 16.0. The second-order valence-electron chi connectivity index (χ2n) is 5.72. The fraction of sp³-hybridized carbons (Fsp3) is 0.588. The minimum atomic E-state index is 0.243. The molecule has 0 bridgehead atoms. The molecule has 1 saturated heterocycles. The van der Waals surface area contributed by atoms with Gasteiger partial charge in [0.15, 0.2) is 0 Å². The second-order valence-corrected chi connectivity index (χ2v) is 5.72. The summed E-state index contributed by atoms with van der Waals surface area (Å²) in [6.45, 7) is 6.58. The minimum Gasteiger partial charge on any atom is -0.340 e. The van der Waals surface area contributed by atoms with Crippen LogP contribution in [0.4, 0.5) is 0 Å². The van der Waals surface area contributed by atoms with Crippen molar-refractivity contribution in [3.05, 3.63) is 35.9 Å². The number of nitrogens with two attached hydrogens (primary N) is 1. The molecule has 1 aromatic carbocycles. The Kier molecular flexibility index (Phi) is 6.21. The highest BCUT2D eigenvalue weighted by molar-refractivity contribution is 5.78. The molecule has 0 radical (unpaired) electrons. The van der Waals surface area contributed by atoms with E-state index in [9.17, 15) is 4.79 Å². The maximum Gasteiger partial charge on any atom is 0.227 e. The molecule has 21 heavy (non-hydrogen) atoms. The van der Waals surface area contributed by atoms with Crippen LogP contribution in [0.3, 0.4) is 0 Å². The summed E-state index contributed by atoms with van der Waals surface area (Å²) in [4.78, 5) is 16.8. The van der Waals surface area contributed by atoms with Gasteiger partial charge in [0.05, 0.1) is 6.42 Å². The zero-order valence-corrected chi connectivity index (χ0v) is 13.0. The normalized spacial score (nSPS) is 17.7. The average molecular weight is 289 g/mol. The van der Waals surface area contributed by atoms with E-state index >= 15 is 0 Å². The molecule has 4 heteroatoms. The average Bonchev–Trinajstić information content (AvgIpc) is 2.54. The first-order valence-corrected chi connectivity index (χ1v) is 8.00. The Labute approximate surface area is 127 Å². The predicted octanol–water partition coefficient (Wildman–Crippen LogP) is 1.50. The van der Waals surface area contributed by atoms with E-state index in [4.69, 9.17) is 5.73 Å². The van der Waals surface area contributed by atoms with Crippen LogP contribution in [0.15, 0.2) is 30.3 Å². The van der Waals surface area contributed by atoms with Crippen molar-refractivity contribution in [3.8, 4) is 0 Å². The van der Waals surface area contributed by atoms with Crippen LogP contribution in [0.2, 0.25) is 0 Å². The van der Waals surface area contributed by atoms with Crippen LogP contribution >= 0.6 is 0 Å². The molecule has 4 nitrogen and oxygen atoms in total.